The van der Waals surface area contributed by atoms with Crippen molar-refractivity contribution in [1.29, 1.82) is 0 Å². The minimum atomic E-state index is -3.09. The molecule has 0 aliphatic carbocycles. The molecule has 1 rings (SSSR count). The summed E-state index contributed by atoms with van der Waals surface area (Å²) >= 11 is 0. The second-order valence-corrected chi connectivity index (χ2v) is 4.92. The Hall–Kier alpha value is -0.870. The summed E-state index contributed by atoms with van der Waals surface area (Å²) in [4.78, 5) is 0. The van der Waals surface area contributed by atoms with Gasteiger partial charge < -0.3 is 0 Å². The second kappa shape index (κ2) is 6.58. The standard InChI is InChI=1S/C9H13NO2S.C2H6.H2/c1-8-4-3-5-9(6-8)7-10-13(2,11)12;1-2;/h3-6,10H,7H2,1-2H3;1-2H3;1H. The summed E-state index contributed by atoms with van der Waals surface area (Å²) in [7, 11) is -3.09. The first-order valence-corrected chi connectivity index (χ1v) is 6.87. The van der Waals surface area contributed by atoms with Crippen LogP contribution in [0.25, 0.3) is 0 Å². The van der Waals surface area contributed by atoms with Gasteiger partial charge in [-0.2, -0.15) is 0 Å². The topological polar surface area (TPSA) is 46.2 Å². The summed E-state index contributed by atoms with van der Waals surface area (Å²) in [5.41, 5.74) is 2.11. The lowest BCUT2D eigenvalue weighted by molar-refractivity contribution is 0.587. The van der Waals surface area contributed by atoms with Crippen molar-refractivity contribution in [3.63, 3.8) is 0 Å². The third-order valence-corrected chi connectivity index (χ3v) is 2.29. The Morgan fingerprint density at radius 1 is 1.33 bits per heavy atom. The highest BCUT2D eigenvalue weighted by molar-refractivity contribution is 7.88. The minimum Gasteiger partial charge on any atom is -0.213 e. The molecule has 88 valence electrons. The molecular weight excluding hydrogens is 210 g/mol. The average molecular weight is 231 g/mol. The van der Waals surface area contributed by atoms with Gasteiger partial charge in [0.15, 0.2) is 0 Å². The van der Waals surface area contributed by atoms with Crippen LogP contribution in [0.15, 0.2) is 24.3 Å². The predicted molar refractivity (Wildman–Crippen MR) is 66.3 cm³/mol. The van der Waals surface area contributed by atoms with E-state index in [-0.39, 0.29) is 1.43 Å². The van der Waals surface area contributed by atoms with E-state index in [0.29, 0.717) is 6.54 Å². The molecule has 0 saturated heterocycles. The van der Waals surface area contributed by atoms with Crippen molar-refractivity contribution in [3.8, 4) is 0 Å². The lowest BCUT2D eigenvalue weighted by Gasteiger charge is -2.02. The Bertz CT molecular complexity index is 391. The molecule has 4 heteroatoms. The van der Waals surface area contributed by atoms with E-state index in [1.165, 1.54) is 0 Å². The zero-order valence-corrected chi connectivity index (χ0v) is 10.6. The Morgan fingerprint density at radius 3 is 2.40 bits per heavy atom. The smallest absolute Gasteiger partial charge is 0.209 e. The molecule has 0 spiro atoms. The number of hydrogen-bond acceptors (Lipinski definition) is 2. The molecule has 0 unspecified atom stereocenters. The van der Waals surface area contributed by atoms with Crippen molar-refractivity contribution < 1.29 is 9.84 Å². The molecule has 3 nitrogen and oxygen atoms in total. The van der Waals surface area contributed by atoms with E-state index in [1.54, 1.807) is 0 Å². The Balaban J connectivity index is 0. The molecule has 0 aromatic heterocycles. The van der Waals surface area contributed by atoms with Crippen LogP contribution in [-0.2, 0) is 16.6 Å². The van der Waals surface area contributed by atoms with Crippen LogP contribution in [0.4, 0.5) is 0 Å². The van der Waals surface area contributed by atoms with E-state index in [0.717, 1.165) is 17.4 Å². The van der Waals surface area contributed by atoms with Gasteiger partial charge in [-0.3, -0.25) is 0 Å². The zero-order chi connectivity index (χ0) is 11.9. The van der Waals surface area contributed by atoms with Crippen molar-refractivity contribution in [2.45, 2.75) is 27.3 Å². The number of rotatable bonds is 3. The highest BCUT2D eigenvalue weighted by atomic mass is 32.2. The molecule has 15 heavy (non-hydrogen) atoms. The summed E-state index contributed by atoms with van der Waals surface area (Å²) in [5.74, 6) is 0. The van der Waals surface area contributed by atoms with Gasteiger partial charge in [-0.05, 0) is 12.5 Å². The van der Waals surface area contributed by atoms with Crippen LogP contribution in [0, 0.1) is 6.92 Å². The van der Waals surface area contributed by atoms with E-state index in [4.69, 9.17) is 0 Å². The fraction of sp³-hybridized carbons (Fsp3) is 0.455. The second-order valence-electron chi connectivity index (χ2n) is 3.08. The van der Waals surface area contributed by atoms with Gasteiger partial charge in [-0.15, -0.1) is 0 Å². The van der Waals surface area contributed by atoms with E-state index >= 15 is 0 Å². The zero-order valence-electron chi connectivity index (χ0n) is 9.74. The number of sulfonamides is 1. The van der Waals surface area contributed by atoms with Crippen molar-refractivity contribution >= 4 is 10.0 Å². The van der Waals surface area contributed by atoms with Gasteiger partial charge in [0.2, 0.25) is 10.0 Å². The molecule has 0 amide bonds. The number of nitrogens with one attached hydrogen (secondary N) is 1. The minimum absolute atomic E-state index is 0. The van der Waals surface area contributed by atoms with Crippen molar-refractivity contribution in [1.82, 2.24) is 4.72 Å². The number of benzene rings is 1. The molecule has 0 bridgehead atoms. The van der Waals surface area contributed by atoms with Crippen LogP contribution >= 0.6 is 0 Å². The van der Waals surface area contributed by atoms with Gasteiger partial charge in [0.05, 0.1) is 6.26 Å². The first-order valence-electron chi connectivity index (χ1n) is 4.97. The highest BCUT2D eigenvalue weighted by Crippen LogP contribution is 2.03. The van der Waals surface area contributed by atoms with Gasteiger partial charge in [0, 0.05) is 7.97 Å². The maximum absolute atomic E-state index is 10.8. The van der Waals surface area contributed by atoms with E-state index < -0.39 is 10.0 Å². The first-order chi connectivity index (χ1) is 6.97. The van der Waals surface area contributed by atoms with Crippen LogP contribution in [0.1, 0.15) is 26.4 Å². The van der Waals surface area contributed by atoms with Gasteiger partial charge in [0.25, 0.3) is 0 Å². The number of hydrogen-bond donors (Lipinski definition) is 1. The molecule has 1 aromatic carbocycles. The molecule has 1 N–H and O–H groups in total. The first kappa shape index (κ1) is 14.1. The van der Waals surface area contributed by atoms with Crippen LogP contribution in [-0.4, -0.2) is 14.7 Å². The van der Waals surface area contributed by atoms with E-state index in [9.17, 15) is 8.42 Å². The fourth-order valence-electron chi connectivity index (χ4n) is 1.04. The molecule has 0 aliphatic rings. The summed E-state index contributed by atoms with van der Waals surface area (Å²) < 4.78 is 24.0. The van der Waals surface area contributed by atoms with Gasteiger partial charge in [-0.25, -0.2) is 13.1 Å². The summed E-state index contributed by atoms with van der Waals surface area (Å²) in [6.07, 6.45) is 1.16. The maximum atomic E-state index is 10.8. The molecular formula is C11H21NO2S. The Kier molecular flexibility index (Phi) is 6.20. The molecule has 0 fully saturated rings. The molecule has 0 heterocycles. The van der Waals surface area contributed by atoms with E-state index in [1.807, 2.05) is 45.0 Å². The van der Waals surface area contributed by atoms with Gasteiger partial charge in [-0.1, -0.05) is 43.7 Å². The summed E-state index contributed by atoms with van der Waals surface area (Å²) in [5, 5.41) is 0. The normalized spacial score (nSPS) is 10.4. The van der Waals surface area contributed by atoms with Crippen molar-refractivity contribution in [2.24, 2.45) is 0 Å². The molecule has 1 aromatic rings. The lowest BCUT2D eigenvalue weighted by atomic mass is 10.1. The third kappa shape index (κ3) is 7.11. The average Bonchev–Trinajstić information content (AvgIpc) is 2.17. The third-order valence-electron chi connectivity index (χ3n) is 1.62. The van der Waals surface area contributed by atoms with Crippen LogP contribution in [0.5, 0.6) is 0 Å². The van der Waals surface area contributed by atoms with Crippen LogP contribution in [0.2, 0.25) is 0 Å². The Morgan fingerprint density at radius 2 is 1.93 bits per heavy atom. The summed E-state index contributed by atoms with van der Waals surface area (Å²) in [6, 6.07) is 7.74. The molecule has 0 atom stereocenters. The van der Waals surface area contributed by atoms with Gasteiger partial charge in [0.1, 0.15) is 0 Å². The van der Waals surface area contributed by atoms with Crippen LogP contribution < -0.4 is 4.72 Å². The predicted octanol–water partition coefficient (Wildman–Crippen LogP) is 2.32. The van der Waals surface area contributed by atoms with Crippen molar-refractivity contribution in [3.05, 3.63) is 35.4 Å². The largest absolute Gasteiger partial charge is 0.213 e. The highest BCUT2D eigenvalue weighted by Gasteiger charge is 2.00. The summed E-state index contributed by atoms with van der Waals surface area (Å²) in [6.45, 7) is 6.34. The lowest BCUT2D eigenvalue weighted by Crippen LogP contribution is -2.21. The molecule has 0 aliphatic heterocycles. The van der Waals surface area contributed by atoms with Gasteiger partial charge >= 0.3 is 0 Å². The SMILES string of the molecule is CC.Cc1cccc(CNS(C)(=O)=O)c1.[HH]. The monoisotopic (exact) mass is 231 g/mol. The van der Waals surface area contributed by atoms with E-state index in [2.05, 4.69) is 4.72 Å². The number of aryl methyl sites for hydroxylation is 1. The van der Waals surface area contributed by atoms with Crippen molar-refractivity contribution in [2.75, 3.05) is 6.26 Å². The molecule has 0 saturated carbocycles. The molecule has 0 radical (unpaired) electrons. The van der Waals surface area contributed by atoms with Crippen LogP contribution in [0.3, 0.4) is 0 Å². The maximum Gasteiger partial charge on any atom is 0.209 e. The quantitative estimate of drug-likeness (QED) is 0.867. The Labute approximate surface area is 94.1 Å². The fourth-order valence-corrected chi connectivity index (χ4v) is 1.47.